The van der Waals surface area contributed by atoms with Crippen LogP contribution in [0, 0.1) is 0 Å². The van der Waals surface area contributed by atoms with Crippen molar-refractivity contribution in [1.29, 1.82) is 0 Å². The molecule has 1 aliphatic rings. The number of nitrogens with one attached hydrogen (secondary N) is 1. The number of hydrogen-bond donors (Lipinski definition) is 2. The molecule has 1 unspecified atom stereocenters. The number of benzene rings is 1. The molecule has 1 aromatic heterocycles. The third-order valence-corrected chi connectivity index (χ3v) is 4.71. The summed E-state index contributed by atoms with van der Waals surface area (Å²) in [5, 5.41) is 3.41. The summed E-state index contributed by atoms with van der Waals surface area (Å²) >= 11 is 1.27. The Balaban J connectivity index is 1.86. The number of anilines is 1. The first kappa shape index (κ1) is 13.6. The van der Waals surface area contributed by atoms with E-state index in [1.807, 2.05) is 24.3 Å². The number of amides is 3. The molecule has 2 aromatic rings. The average molecular weight is 303 g/mol. The number of nitrogen functional groups attached to an aromatic ring is 1. The van der Waals surface area contributed by atoms with Gasteiger partial charge in [0.1, 0.15) is 10.9 Å². The van der Waals surface area contributed by atoms with Crippen LogP contribution in [-0.4, -0.2) is 35.7 Å². The quantitative estimate of drug-likeness (QED) is 0.809. The molecule has 0 aliphatic carbocycles. The lowest BCUT2D eigenvalue weighted by atomic mass is 10.2. The molecule has 2 heterocycles. The number of carbonyl (C=O) groups is 3. The van der Waals surface area contributed by atoms with Gasteiger partial charge in [-0.3, -0.25) is 19.3 Å². The number of likely N-dealkylation sites (tertiary alicyclic amines) is 1. The summed E-state index contributed by atoms with van der Waals surface area (Å²) in [7, 11) is 1.41. The number of nitrogens with two attached hydrogens (primary N) is 1. The van der Waals surface area contributed by atoms with Gasteiger partial charge in [0, 0.05) is 17.1 Å². The first-order chi connectivity index (χ1) is 9.99. The predicted molar refractivity (Wildman–Crippen MR) is 79.9 cm³/mol. The maximum absolute atomic E-state index is 12.3. The molecule has 6 nitrogen and oxygen atoms in total. The van der Waals surface area contributed by atoms with Crippen molar-refractivity contribution in [1.82, 2.24) is 10.2 Å². The summed E-state index contributed by atoms with van der Waals surface area (Å²) in [6.45, 7) is 0. The Kier molecular flexibility index (Phi) is 3.13. The highest BCUT2D eigenvalue weighted by Gasteiger charge is 2.37. The van der Waals surface area contributed by atoms with Gasteiger partial charge in [0.05, 0.1) is 12.1 Å². The second-order valence-corrected chi connectivity index (χ2v) is 5.91. The Morgan fingerprint density at radius 1 is 1.38 bits per heavy atom. The standard InChI is InChI=1S/C14H13N3O3S/c1-17-10(18)6-8(14(17)20)16-13(19)12-11(15)7-4-2-3-5-9(7)21-12/h2-5,8H,6,15H2,1H3,(H,16,19). The fourth-order valence-corrected chi connectivity index (χ4v) is 3.35. The number of nitrogens with zero attached hydrogens (tertiary/aromatic N) is 1. The second kappa shape index (κ2) is 4.85. The van der Waals surface area contributed by atoms with Crippen molar-refractivity contribution in [3.8, 4) is 0 Å². The van der Waals surface area contributed by atoms with E-state index in [0.717, 1.165) is 15.0 Å². The SMILES string of the molecule is CN1C(=O)CC(NC(=O)c2sc3ccccc3c2N)C1=O. The molecule has 1 aliphatic heterocycles. The Morgan fingerprint density at radius 2 is 2.10 bits per heavy atom. The Morgan fingerprint density at radius 3 is 2.71 bits per heavy atom. The molecule has 1 aromatic carbocycles. The van der Waals surface area contributed by atoms with Gasteiger partial charge in [-0.2, -0.15) is 0 Å². The number of rotatable bonds is 2. The molecular weight excluding hydrogens is 290 g/mol. The highest BCUT2D eigenvalue weighted by Crippen LogP contribution is 2.33. The van der Waals surface area contributed by atoms with Crippen LogP contribution in [0.5, 0.6) is 0 Å². The maximum atomic E-state index is 12.3. The van der Waals surface area contributed by atoms with Gasteiger partial charge in [0.15, 0.2) is 0 Å². The smallest absolute Gasteiger partial charge is 0.264 e. The van der Waals surface area contributed by atoms with E-state index in [2.05, 4.69) is 5.32 Å². The van der Waals surface area contributed by atoms with Gasteiger partial charge in [-0.15, -0.1) is 11.3 Å². The molecule has 1 fully saturated rings. The Hall–Kier alpha value is -2.41. The third kappa shape index (κ3) is 2.15. The molecule has 0 radical (unpaired) electrons. The van der Waals surface area contributed by atoms with E-state index in [9.17, 15) is 14.4 Å². The van der Waals surface area contributed by atoms with Crippen LogP contribution in [0.2, 0.25) is 0 Å². The first-order valence-corrected chi connectivity index (χ1v) is 7.19. The van der Waals surface area contributed by atoms with Crippen LogP contribution in [0.15, 0.2) is 24.3 Å². The lowest BCUT2D eigenvalue weighted by Crippen LogP contribution is -2.40. The number of thiophene rings is 1. The van der Waals surface area contributed by atoms with Crippen LogP contribution in [0.25, 0.3) is 10.1 Å². The summed E-state index contributed by atoms with van der Waals surface area (Å²) < 4.78 is 0.908. The van der Waals surface area contributed by atoms with Crippen LogP contribution in [-0.2, 0) is 9.59 Å². The van der Waals surface area contributed by atoms with E-state index < -0.39 is 17.9 Å². The molecule has 0 bridgehead atoms. The average Bonchev–Trinajstić information content (AvgIpc) is 2.93. The minimum absolute atomic E-state index is 0.00806. The van der Waals surface area contributed by atoms with Crippen molar-refractivity contribution in [3.63, 3.8) is 0 Å². The zero-order chi connectivity index (χ0) is 15.1. The summed E-state index contributed by atoms with van der Waals surface area (Å²) in [5.74, 6) is -1.11. The molecule has 7 heteroatoms. The largest absolute Gasteiger partial charge is 0.397 e. The van der Waals surface area contributed by atoms with Gasteiger partial charge in [0.2, 0.25) is 5.91 Å². The van der Waals surface area contributed by atoms with E-state index in [1.54, 1.807) is 0 Å². The normalized spacial score (nSPS) is 18.5. The highest BCUT2D eigenvalue weighted by atomic mass is 32.1. The topological polar surface area (TPSA) is 92.5 Å². The number of imide groups is 1. The van der Waals surface area contributed by atoms with Crippen LogP contribution in [0.4, 0.5) is 5.69 Å². The second-order valence-electron chi connectivity index (χ2n) is 4.86. The van der Waals surface area contributed by atoms with Crippen LogP contribution in [0.1, 0.15) is 16.1 Å². The van der Waals surface area contributed by atoms with Gasteiger partial charge >= 0.3 is 0 Å². The lowest BCUT2D eigenvalue weighted by molar-refractivity contribution is -0.137. The molecule has 108 valence electrons. The molecule has 0 saturated carbocycles. The minimum Gasteiger partial charge on any atom is -0.397 e. The van der Waals surface area contributed by atoms with Gasteiger partial charge < -0.3 is 11.1 Å². The van der Waals surface area contributed by atoms with Crippen molar-refractivity contribution in [2.24, 2.45) is 0 Å². The van der Waals surface area contributed by atoms with Crippen molar-refractivity contribution in [3.05, 3.63) is 29.1 Å². The van der Waals surface area contributed by atoms with E-state index in [4.69, 9.17) is 5.73 Å². The summed E-state index contributed by atoms with van der Waals surface area (Å²) in [6.07, 6.45) is -0.00806. The lowest BCUT2D eigenvalue weighted by Gasteiger charge is -2.10. The van der Waals surface area contributed by atoms with Crippen LogP contribution in [0.3, 0.4) is 0 Å². The number of hydrogen-bond acceptors (Lipinski definition) is 5. The zero-order valence-electron chi connectivity index (χ0n) is 11.3. The monoisotopic (exact) mass is 303 g/mol. The molecule has 1 atom stereocenters. The molecule has 3 N–H and O–H groups in total. The van der Waals surface area contributed by atoms with Crippen molar-refractivity contribution in [2.45, 2.75) is 12.5 Å². The molecule has 3 rings (SSSR count). The van der Waals surface area contributed by atoms with E-state index in [1.165, 1.54) is 18.4 Å². The predicted octanol–water partition coefficient (Wildman–Crippen LogP) is 0.971. The van der Waals surface area contributed by atoms with Gasteiger partial charge in [-0.1, -0.05) is 18.2 Å². The summed E-state index contributed by atoms with van der Waals surface area (Å²) in [4.78, 5) is 36.9. The van der Waals surface area contributed by atoms with Gasteiger partial charge in [0.25, 0.3) is 11.8 Å². The van der Waals surface area contributed by atoms with Crippen molar-refractivity contribution < 1.29 is 14.4 Å². The highest BCUT2D eigenvalue weighted by molar-refractivity contribution is 7.21. The first-order valence-electron chi connectivity index (χ1n) is 6.37. The number of fused-ring (bicyclic) bond motifs is 1. The van der Waals surface area contributed by atoms with Crippen molar-refractivity contribution in [2.75, 3.05) is 12.8 Å². The Labute approximate surface area is 124 Å². The zero-order valence-corrected chi connectivity index (χ0v) is 12.1. The van der Waals surface area contributed by atoms with Crippen molar-refractivity contribution >= 4 is 44.8 Å². The van der Waals surface area contributed by atoms with E-state index in [-0.39, 0.29) is 12.3 Å². The number of carbonyl (C=O) groups excluding carboxylic acids is 3. The Bertz CT molecular complexity index is 768. The molecule has 21 heavy (non-hydrogen) atoms. The molecule has 1 saturated heterocycles. The van der Waals surface area contributed by atoms with Crippen LogP contribution < -0.4 is 11.1 Å². The fraction of sp³-hybridized carbons (Fsp3) is 0.214. The summed E-state index contributed by atoms with van der Waals surface area (Å²) in [5.41, 5.74) is 6.39. The minimum atomic E-state index is -0.806. The van der Waals surface area contributed by atoms with Gasteiger partial charge in [-0.05, 0) is 6.07 Å². The van der Waals surface area contributed by atoms with Crippen LogP contribution >= 0.6 is 11.3 Å². The fourth-order valence-electron chi connectivity index (χ4n) is 2.33. The summed E-state index contributed by atoms with van der Waals surface area (Å²) in [6, 6.07) is 6.63. The van der Waals surface area contributed by atoms with E-state index >= 15 is 0 Å². The maximum Gasteiger partial charge on any atom is 0.264 e. The van der Waals surface area contributed by atoms with Gasteiger partial charge in [-0.25, -0.2) is 0 Å². The molecular formula is C14H13N3O3S. The van der Waals surface area contributed by atoms with E-state index in [0.29, 0.717) is 10.6 Å². The molecule has 0 spiro atoms. The third-order valence-electron chi connectivity index (χ3n) is 3.53. The number of likely N-dealkylation sites (N-methyl/N-ethyl adjacent to an activating group) is 1. The molecule has 3 amide bonds.